The highest BCUT2D eigenvalue weighted by molar-refractivity contribution is 5.47. The van der Waals surface area contributed by atoms with Gasteiger partial charge in [-0.15, -0.1) is 0 Å². The van der Waals surface area contributed by atoms with Crippen LogP contribution in [0.25, 0.3) is 0 Å². The van der Waals surface area contributed by atoms with E-state index in [0.717, 1.165) is 36.8 Å². The van der Waals surface area contributed by atoms with Crippen LogP contribution in [-0.4, -0.2) is 13.2 Å². The van der Waals surface area contributed by atoms with Gasteiger partial charge in [-0.25, -0.2) is 0 Å². The summed E-state index contributed by atoms with van der Waals surface area (Å²) >= 11 is 0. The first-order valence-electron chi connectivity index (χ1n) is 9.50. The number of hydrogen-bond donors (Lipinski definition) is 1. The maximum atomic E-state index is 5.80. The predicted molar refractivity (Wildman–Crippen MR) is 106 cm³/mol. The Morgan fingerprint density at radius 2 is 1.36 bits per heavy atom. The predicted octanol–water partition coefficient (Wildman–Crippen LogP) is 6.05. The standard InChI is InChI=1S/C22H31NO2/c1-3-5-6-7-8-17-25-22-15-11-20(12-16-22)23-18-19-9-13-21(14-10-19)24-4-2/h9-16,23H,3-8,17-18H2,1-2H3. The molecule has 3 heteroatoms. The number of nitrogens with one attached hydrogen (secondary N) is 1. The van der Waals surface area contributed by atoms with Gasteiger partial charge in [-0.3, -0.25) is 0 Å². The smallest absolute Gasteiger partial charge is 0.119 e. The van der Waals surface area contributed by atoms with Gasteiger partial charge in [0.05, 0.1) is 13.2 Å². The van der Waals surface area contributed by atoms with Crippen LogP contribution in [0.3, 0.4) is 0 Å². The molecule has 0 aliphatic heterocycles. The number of unbranched alkanes of at least 4 members (excludes halogenated alkanes) is 4. The fourth-order valence-corrected chi connectivity index (χ4v) is 2.64. The van der Waals surface area contributed by atoms with Gasteiger partial charge >= 0.3 is 0 Å². The summed E-state index contributed by atoms with van der Waals surface area (Å²) < 4.78 is 11.3. The van der Waals surface area contributed by atoms with Gasteiger partial charge in [0.15, 0.2) is 0 Å². The number of benzene rings is 2. The molecule has 3 nitrogen and oxygen atoms in total. The van der Waals surface area contributed by atoms with E-state index in [1.807, 2.05) is 31.2 Å². The van der Waals surface area contributed by atoms with E-state index in [1.165, 1.54) is 31.2 Å². The maximum Gasteiger partial charge on any atom is 0.119 e. The molecule has 0 atom stereocenters. The molecule has 0 radical (unpaired) electrons. The van der Waals surface area contributed by atoms with Crippen molar-refractivity contribution in [2.24, 2.45) is 0 Å². The number of anilines is 1. The molecule has 0 unspecified atom stereocenters. The minimum Gasteiger partial charge on any atom is -0.494 e. The number of ether oxygens (including phenoxy) is 2. The van der Waals surface area contributed by atoms with Gasteiger partial charge in [-0.05, 0) is 55.3 Å². The van der Waals surface area contributed by atoms with Crippen LogP contribution in [-0.2, 0) is 6.54 Å². The van der Waals surface area contributed by atoms with Crippen molar-refractivity contribution in [3.63, 3.8) is 0 Å². The Hall–Kier alpha value is -2.16. The highest BCUT2D eigenvalue weighted by Gasteiger charge is 1.98. The van der Waals surface area contributed by atoms with Gasteiger partial charge in [0.2, 0.25) is 0 Å². The molecule has 2 aromatic rings. The van der Waals surface area contributed by atoms with Crippen LogP contribution in [0.1, 0.15) is 51.5 Å². The quantitative estimate of drug-likeness (QED) is 0.477. The van der Waals surface area contributed by atoms with Crippen molar-refractivity contribution in [1.29, 1.82) is 0 Å². The molecule has 0 amide bonds. The third-order valence-corrected chi connectivity index (χ3v) is 4.10. The van der Waals surface area contributed by atoms with Crippen molar-refractivity contribution in [3.05, 3.63) is 54.1 Å². The zero-order valence-electron chi connectivity index (χ0n) is 15.6. The Morgan fingerprint density at radius 3 is 2.04 bits per heavy atom. The van der Waals surface area contributed by atoms with E-state index >= 15 is 0 Å². The van der Waals surface area contributed by atoms with Crippen LogP contribution < -0.4 is 14.8 Å². The average molecular weight is 341 g/mol. The second-order valence-corrected chi connectivity index (χ2v) is 6.22. The molecule has 0 aliphatic carbocycles. The van der Waals surface area contributed by atoms with Crippen molar-refractivity contribution < 1.29 is 9.47 Å². The fourth-order valence-electron chi connectivity index (χ4n) is 2.64. The van der Waals surface area contributed by atoms with E-state index < -0.39 is 0 Å². The lowest BCUT2D eigenvalue weighted by atomic mass is 10.2. The first-order valence-corrected chi connectivity index (χ1v) is 9.50. The van der Waals surface area contributed by atoms with E-state index in [9.17, 15) is 0 Å². The third-order valence-electron chi connectivity index (χ3n) is 4.10. The lowest BCUT2D eigenvalue weighted by Gasteiger charge is -2.10. The van der Waals surface area contributed by atoms with Gasteiger partial charge in [0, 0.05) is 12.2 Å². The van der Waals surface area contributed by atoms with E-state index in [-0.39, 0.29) is 0 Å². The fraction of sp³-hybridized carbons (Fsp3) is 0.455. The van der Waals surface area contributed by atoms with E-state index in [0.29, 0.717) is 6.61 Å². The first kappa shape index (κ1) is 19.2. The van der Waals surface area contributed by atoms with Crippen molar-refractivity contribution in [2.75, 3.05) is 18.5 Å². The van der Waals surface area contributed by atoms with E-state index in [4.69, 9.17) is 9.47 Å². The van der Waals surface area contributed by atoms with Gasteiger partial charge < -0.3 is 14.8 Å². The second-order valence-electron chi connectivity index (χ2n) is 6.22. The van der Waals surface area contributed by atoms with Gasteiger partial charge in [0.25, 0.3) is 0 Å². The van der Waals surface area contributed by atoms with Crippen LogP contribution in [0, 0.1) is 0 Å². The van der Waals surface area contributed by atoms with Gasteiger partial charge in [-0.2, -0.15) is 0 Å². The summed E-state index contributed by atoms with van der Waals surface area (Å²) in [6.07, 6.45) is 6.32. The molecule has 0 spiro atoms. The van der Waals surface area contributed by atoms with Crippen LogP contribution in [0.2, 0.25) is 0 Å². The Bertz CT molecular complexity index is 578. The number of hydrogen-bond acceptors (Lipinski definition) is 3. The lowest BCUT2D eigenvalue weighted by molar-refractivity contribution is 0.304. The summed E-state index contributed by atoms with van der Waals surface area (Å²) in [6, 6.07) is 16.4. The molecular formula is C22H31NO2. The summed E-state index contributed by atoms with van der Waals surface area (Å²) in [5, 5.41) is 3.43. The first-order chi connectivity index (χ1) is 12.3. The van der Waals surface area contributed by atoms with Crippen molar-refractivity contribution in [2.45, 2.75) is 52.5 Å². The molecular weight excluding hydrogens is 310 g/mol. The van der Waals surface area contributed by atoms with Crippen molar-refractivity contribution >= 4 is 5.69 Å². The van der Waals surface area contributed by atoms with Gasteiger partial charge in [-0.1, -0.05) is 44.7 Å². The monoisotopic (exact) mass is 341 g/mol. The lowest BCUT2D eigenvalue weighted by Crippen LogP contribution is -2.00. The van der Waals surface area contributed by atoms with Crippen molar-refractivity contribution in [1.82, 2.24) is 0 Å². The molecule has 0 saturated heterocycles. The van der Waals surface area contributed by atoms with Crippen LogP contribution in [0.4, 0.5) is 5.69 Å². The third kappa shape index (κ3) is 7.51. The molecule has 1 N–H and O–H groups in total. The van der Waals surface area contributed by atoms with Crippen LogP contribution >= 0.6 is 0 Å². The zero-order chi connectivity index (χ0) is 17.7. The molecule has 2 rings (SSSR count). The largest absolute Gasteiger partial charge is 0.494 e. The van der Waals surface area contributed by atoms with Crippen LogP contribution in [0.15, 0.2) is 48.5 Å². The Kier molecular flexibility index (Phi) is 8.74. The molecule has 0 fully saturated rings. The zero-order valence-corrected chi connectivity index (χ0v) is 15.6. The summed E-state index contributed by atoms with van der Waals surface area (Å²) in [7, 11) is 0. The second kappa shape index (κ2) is 11.4. The highest BCUT2D eigenvalue weighted by Crippen LogP contribution is 2.18. The van der Waals surface area contributed by atoms with Crippen molar-refractivity contribution in [3.8, 4) is 11.5 Å². The minimum absolute atomic E-state index is 0.699. The van der Waals surface area contributed by atoms with E-state index in [2.05, 4.69) is 36.5 Å². The minimum atomic E-state index is 0.699. The molecule has 136 valence electrons. The highest BCUT2D eigenvalue weighted by atomic mass is 16.5. The summed E-state index contributed by atoms with van der Waals surface area (Å²) in [5.41, 5.74) is 2.33. The Morgan fingerprint density at radius 1 is 0.720 bits per heavy atom. The SMILES string of the molecule is CCCCCCCOc1ccc(NCc2ccc(OCC)cc2)cc1. The number of rotatable bonds is 12. The van der Waals surface area contributed by atoms with Crippen LogP contribution in [0.5, 0.6) is 11.5 Å². The topological polar surface area (TPSA) is 30.5 Å². The summed E-state index contributed by atoms with van der Waals surface area (Å²) in [6.45, 7) is 6.54. The normalized spacial score (nSPS) is 10.5. The Labute approximate surface area is 152 Å². The molecule has 2 aromatic carbocycles. The molecule has 25 heavy (non-hydrogen) atoms. The molecule has 0 saturated carbocycles. The van der Waals surface area contributed by atoms with Gasteiger partial charge in [0.1, 0.15) is 11.5 Å². The molecule has 0 bridgehead atoms. The maximum absolute atomic E-state index is 5.80. The molecule has 0 heterocycles. The molecule has 0 aliphatic rings. The summed E-state index contributed by atoms with van der Waals surface area (Å²) in [4.78, 5) is 0. The summed E-state index contributed by atoms with van der Waals surface area (Å²) in [5.74, 6) is 1.87. The van der Waals surface area contributed by atoms with E-state index in [1.54, 1.807) is 0 Å². The average Bonchev–Trinajstić information content (AvgIpc) is 2.65. The molecule has 0 aromatic heterocycles. The Balaban J connectivity index is 1.69.